The van der Waals surface area contributed by atoms with E-state index in [1.165, 1.54) is 70.3 Å². The summed E-state index contributed by atoms with van der Waals surface area (Å²) in [7, 11) is -3.92. The zero-order valence-electron chi connectivity index (χ0n) is 17.0. The Balaban J connectivity index is -0.000000301. The molecule has 0 aromatic rings. The maximum Gasteiger partial charge on any atom is 1.00 e. The van der Waals surface area contributed by atoms with Gasteiger partial charge in [0.2, 0.25) is 0 Å². The minimum atomic E-state index is -3.92. The Morgan fingerprint density at radius 2 is 1.14 bits per heavy atom. The molecule has 6 heteroatoms. The van der Waals surface area contributed by atoms with Crippen LogP contribution in [-0.2, 0) is 10.1 Å². The van der Waals surface area contributed by atoms with Gasteiger partial charge in [-0.15, -0.1) is 0 Å². The van der Waals surface area contributed by atoms with Crippen LogP contribution in [0, 0.1) is 0 Å². The van der Waals surface area contributed by atoms with Crippen LogP contribution in [0.15, 0.2) is 11.5 Å². The van der Waals surface area contributed by atoms with Gasteiger partial charge in [0.05, 0.1) is 5.41 Å². The van der Waals surface area contributed by atoms with Gasteiger partial charge in [-0.05, 0) is 12.8 Å². The molecule has 0 aliphatic heterocycles. The van der Waals surface area contributed by atoms with Gasteiger partial charge in [0.25, 0.3) is 10.1 Å². The van der Waals surface area contributed by atoms with Gasteiger partial charge in [0, 0.05) is 0 Å². The smallest absolute Gasteiger partial charge is 1.00 e. The second-order valence-electron chi connectivity index (χ2n) is 5.56. The number of allylic oxidation sites excluding steroid dienone is 1. The van der Waals surface area contributed by atoms with Crippen LogP contribution in [-0.4, -0.2) is 13.0 Å². The molecule has 0 aliphatic carbocycles. The molecule has 0 saturated heterocycles. The van der Waals surface area contributed by atoms with Crippen LogP contribution in [0.4, 0.5) is 0 Å². The minimum Gasteiger partial charge on any atom is -1.00 e. The standard InChI is InChI=1S/C16H32O3S.2Na.2H/c1-2-3-4-5-6-7-8-9-10-11-12-13-14-15-16-20(17,18)19;;;;/h15-16H,2-14H2,1H3,(H,17,18,19);;;;/q;2*+1;2*-1. The fourth-order valence-corrected chi connectivity index (χ4v) is 2.67. The summed E-state index contributed by atoms with van der Waals surface area (Å²) in [5.74, 6) is 0. The summed E-state index contributed by atoms with van der Waals surface area (Å²) in [5.41, 5.74) is 0. The van der Waals surface area contributed by atoms with E-state index in [-0.39, 0.29) is 62.0 Å². The fraction of sp³-hybridized carbons (Fsp3) is 0.875. The van der Waals surface area contributed by atoms with Crippen molar-refractivity contribution >= 4 is 10.1 Å². The molecule has 0 atom stereocenters. The van der Waals surface area contributed by atoms with Crippen molar-refractivity contribution in [3.63, 3.8) is 0 Å². The molecule has 0 radical (unpaired) electrons. The first-order valence-corrected chi connectivity index (χ1v) is 9.70. The summed E-state index contributed by atoms with van der Waals surface area (Å²) < 4.78 is 29.3. The normalized spacial score (nSPS) is 11.2. The zero-order valence-corrected chi connectivity index (χ0v) is 19.8. The van der Waals surface area contributed by atoms with Crippen LogP contribution >= 0.6 is 0 Å². The van der Waals surface area contributed by atoms with E-state index in [0.29, 0.717) is 0 Å². The first-order chi connectivity index (χ1) is 9.56. The molecule has 0 aliphatic rings. The molecule has 0 rings (SSSR count). The quantitative estimate of drug-likeness (QED) is 0.266. The van der Waals surface area contributed by atoms with E-state index in [1.807, 2.05) is 0 Å². The maximum atomic E-state index is 10.4. The van der Waals surface area contributed by atoms with E-state index < -0.39 is 10.1 Å². The zero-order chi connectivity index (χ0) is 15.1. The molecule has 0 saturated carbocycles. The topological polar surface area (TPSA) is 54.4 Å². The molecule has 0 aromatic heterocycles. The van der Waals surface area contributed by atoms with Crippen molar-refractivity contribution in [3.8, 4) is 0 Å². The van der Waals surface area contributed by atoms with Crippen LogP contribution in [0.2, 0.25) is 0 Å². The Morgan fingerprint density at radius 1 is 0.773 bits per heavy atom. The summed E-state index contributed by atoms with van der Waals surface area (Å²) >= 11 is 0. The first-order valence-electron chi connectivity index (χ1n) is 8.20. The molecular weight excluding hydrogens is 318 g/mol. The number of rotatable bonds is 14. The summed E-state index contributed by atoms with van der Waals surface area (Å²) in [4.78, 5) is 0. The van der Waals surface area contributed by atoms with E-state index in [1.54, 1.807) is 0 Å². The number of hydrogen-bond donors (Lipinski definition) is 1. The van der Waals surface area contributed by atoms with Crippen LogP contribution in [0.5, 0.6) is 0 Å². The van der Waals surface area contributed by atoms with E-state index in [0.717, 1.165) is 24.7 Å². The number of hydrogen-bond acceptors (Lipinski definition) is 2. The van der Waals surface area contributed by atoms with Gasteiger partial charge in [-0.3, -0.25) is 4.55 Å². The molecule has 0 heterocycles. The third-order valence-electron chi connectivity index (χ3n) is 3.49. The second-order valence-corrected chi connectivity index (χ2v) is 6.87. The molecule has 0 fully saturated rings. The van der Waals surface area contributed by atoms with E-state index in [4.69, 9.17) is 4.55 Å². The predicted molar refractivity (Wildman–Crippen MR) is 88.6 cm³/mol. The Kier molecular flexibility index (Phi) is 26.8. The van der Waals surface area contributed by atoms with Crippen molar-refractivity contribution in [2.45, 2.75) is 90.4 Å². The SMILES string of the molecule is CCCCCCCCCCCCCCC=CS(=O)(=O)O.[H-].[H-].[Na+].[Na+]. The summed E-state index contributed by atoms with van der Waals surface area (Å²) in [5, 5.41) is 0.880. The van der Waals surface area contributed by atoms with E-state index >= 15 is 0 Å². The average molecular weight is 352 g/mol. The molecule has 22 heavy (non-hydrogen) atoms. The molecule has 0 aromatic carbocycles. The summed E-state index contributed by atoms with van der Waals surface area (Å²) in [6, 6.07) is 0. The summed E-state index contributed by atoms with van der Waals surface area (Å²) in [6.45, 7) is 2.25. The fourth-order valence-electron chi connectivity index (χ4n) is 2.29. The second kappa shape index (κ2) is 20.7. The van der Waals surface area contributed by atoms with E-state index in [2.05, 4.69) is 6.92 Å². The Morgan fingerprint density at radius 3 is 1.50 bits per heavy atom. The Bertz CT molecular complexity index is 340. The van der Waals surface area contributed by atoms with Crippen molar-refractivity contribution in [1.29, 1.82) is 0 Å². The van der Waals surface area contributed by atoms with Crippen LogP contribution < -0.4 is 59.1 Å². The molecule has 124 valence electrons. The van der Waals surface area contributed by atoms with Crippen LogP contribution in [0.25, 0.3) is 0 Å². The molecule has 1 N–H and O–H groups in total. The largest absolute Gasteiger partial charge is 1.00 e. The van der Waals surface area contributed by atoms with Gasteiger partial charge in [0.1, 0.15) is 0 Å². The molecule has 0 amide bonds. The van der Waals surface area contributed by atoms with Crippen LogP contribution in [0.3, 0.4) is 0 Å². The Labute approximate surface area is 185 Å². The third-order valence-corrected chi connectivity index (χ3v) is 4.03. The minimum absolute atomic E-state index is 0. The summed E-state index contributed by atoms with van der Waals surface area (Å²) in [6.07, 6.45) is 17.9. The monoisotopic (exact) mass is 352 g/mol. The van der Waals surface area contributed by atoms with Gasteiger partial charge < -0.3 is 2.85 Å². The van der Waals surface area contributed by atoms with Crippen LogP contribution in [0.1, 0.15) is 93.2 Å². The Hall–Kier alpha value is 1.65. The van der Waals surface area contributed by atoms with Gasteiger partial charge in [-0.25, -0.2) is 0 Å². The van der Waals surface area contributed by atoms with Crippen molar-refractivity contribution in [1.82, 2.24) is 0 Å². The average Bonchev–Trinajstić information content (AvgIpc) is 2.38. The molecule has 0 spiro atoms. The molecular formula is C16H34Na2O3S. The maximum absolute atomic E-state index is 10.4. The molecule has 3 nitrogen and oxygen atoms in total. The van der Waals surface area contributed by atoms with Crippen molar-refractivity contribution in [2.75, 3.05) is 0 Å². The molecule has 0 bridgehead atoms. The molecule has 0 unspecified atom stereocenters. The van der Waals surface area contributed by atoms with Crippen molar-refractivity contribution in [3.05, 3.63) is 11.5 Å². The van der Waals surface area contributed by atoms with Gasteiger partial charge >= 0.3 is 59.1 Å². The van der Waals surface area contributed by atoms with Gasteiger partial charge in [-0.1, -0.05) is 83.6 Å². The predicted octanol–water partition coefficient (Wildman–Crippen LogP) is -0.288. The van der Waals surface area contributed by atoms with E-state index in [9.17, 15) is 8.42 Å². The van der Waals surface area contributed by atoms with Crippen molar-refractivity contribution in [2.24, 2.45) is 0 Å². The van der Waals surface area contributed by atoms with Gasteiger partial charge in [0.15, 0.2) is 0 Å². The van der Waals surface area contributed by atoms with Crippen molar-refractivity contribution < 1.29 is 74.9 Å². The first kappa shape index (κ1) is 28.5. The van der Waals surface area contributed by atoms with Gasteiger partial charge in [-0.2, -0.15) is 8.42 Å². The number of unbranched alkanes of at least 4 members (excludes halogenated alkanes) is 12. The third kappa shape index (κ3) is 26.5.